The lowest BCUT2D eigenvalue weighted by Crippen LogP contribution is -2.61. The molecule has 2 atom stereocenters. The van der Waals surface area contributed by atoms with E-state index >= 15 is 0 Å². The largest absolute Gasteiger partial charge is 0.467 e. The third kappa shape index (κ3) is 3.31. The van der Waals surface area contributed by atoms with Gasteiger partial charge in [-0.15, -0.1) is 0 Å². The summed E-state index contributed by atoms with van der Waals surface area (Å²) in [5, 5.41) is 21.8. The molecule has 1 aliphatic carbocycles. The van der Waals surface area contributed by atoms with Gasteiger partial charge in [0, 0.05) is 5.41 Å². The lowest BCUT2D eigenvalue weighted by molar-refractivity contribution is -0.165. The Morgan fingerprint density at radius 2 is 1.81 bits per heavy atom. The van der Waals surface area contributed by atoms with Crippen molar-refractivity contribution in [2.24, 2.45) is 17.3 Å². The molecule has 0 bridgehead atoms. The zero-order valence-electron chi connectivity index (χ0n) is 14.8. The van der Waals surface area contributed by atoms with Crippen molar-refractivity contribution in [2.45, 2.75) is 38.6 Å². The maximum Gasteiger partial charge on any atom is 0.247 e. The summed E-state index contributed by atoms with van der Waals surface area (Å²) in [7, 11) is 0. The summed E-state index contributed by atoms with van der Waals surface area (Å²) < 4.78 is 5.11. The minimum Gasteiger partial charge on any atom is -0.467 e. The number of furan rings is 1. The van der Waals surface area contributed by atoms with E-state index in [4.69, 9.17) is 4.42 Å². The molecule has 3 amide bonds. The van der Waals surface area contributed by atoms with Gasteiger partial charge in [0.05, 0.1) is 24.9 Å². The Morgan fingerprint density at radius 3 is 2.33 bits per heavy atom. The summed E-state index contributed by atoms with van der Waals surface area (Å²) in [5.41, 5.74) is -0.933. The molecular formula is C19H20N4O4. The number of imide groups is 1. The lowest BCUT2D eigenvalue weighted by atomic mass is 9.57. The van der Waals surface area contributed by atoms with Crippen molar-refractivity contribution < 1.29 is 18.8 Å². The van der Waals surface area contributed by atoms with Crippen LogP contribution in [0.3, 0.4) is 0 Å². The van der Waals surface area contributed by atoms with Crippen molar-refractivity contribution in [3.63, 3.8) is 0 Å². The summed E-state index contributed by atoms with van der Waals surface area (Å²) in [4.78, 5) is 38.6. The molecule has 0 aromatic carbocycles. The molecule has 8 heteroatoms. The van der Waals surface area contributed by atoms with Crippen LogP contribution < -0.4 is 5.32 Å². The molecule has 1 saturated heterocycles. The van der Waals surface area contributed by atoms with Crippen LogP contribution >= 0.6 is 0 Å². The third-order valence-corrected chi connectivity index (χ3v) is 5.56. The number of nitrogens with zero attached hydrogens (tertiary/aromatic N) is 3. The van der Waals surface area contributed by atoms with Gasteiger partial charge >= 0.3 is 0 Å². The van der Waals surface area contributed by atoms with E-state index in [0.29, 0.717) is 18.6 Å². The molecule has 2 unspecified atom stereocenters. The van der Waals surface area contributed by atoms with Crippen molar-refractivity contribution in [1.29, 1.82) is 10.5 Å². The zero-order valence-corrected chi connectivity index (χ0v) is 14.8. The Morgan fingerprint density at radius 1 is 1.19 bits per heavy atom. The first-order valence-corrected chi connectivity index (χ1v) is 8.97. The van der Waals surface area contributed by atoms with Gasteiger partial charge in [0.1, 0.15) is 24.1 Å². The van der Waals surface area contributed by atoms with Gasteiger partial charge < -0.3 is 9.73 Å². The molecule has 1 N–H and O–H groups in total. The number of nitrogens with one attached hydrogen (secondary N) is 1. The summed E-state index contributed by atoms with van der Waals surface area (Å²) in [6.45, 7) is -0.389. The smallest absolute Gasteiger partial charge is 0.247 e. The Kier molecular flexibility index (Phi) is 5.27. The molecule has 1 spiro atoms. The minimum absolute atomic E-state index is 0.120. The second-order valence-corrected chi connectivity index (χ2v) is 7.04. The summed E-state index contributed by atoms with van der Waals surface area (Å²) in [6, 6.07) is 7.39. The molecule has 1 aromatic rings. The highest BCUT2D eigenvalue weighted by molar-refractivity contribution is 6.05. The maximum atomic E-state index is 12.8. The number of amides is 3. The predicted octanol–water partition coefficient (Wildman–Crippen LogP) is 1.49. The fraction of sp³-hybridized carbons (Fsp3) is 0.526. The Bertz CT molecular complexity index is 776. The van der Waals surface area contributed by atoms with Crippen LogP contribution in [0.15, 0.2) is 22.8 Å². The van der Waals surface area contributed by atoms with Gasteiger partial charge in [-0.3, -0.25) is 19.3 Å². The van der Waals surface area contributed by atoms with Gasteiger partial charge in [-0.05, 0) is 25.0 Å². The van der Waals surface area contributed by atoms with E-state index in [1.54, 1.807) is 12.1 Å². The van der Waals surface area contributed by atoms with Crippen LogP contribution in [0.1, 0.15) is 37.9 Å². The van der Waals surface area contributed by atoms with Gasteiger partial charge in [-0.2, -0.15) is 10.5 Å². The van der Waals surface area contributed by atoms with E-state index in [9.17, 15) is 24.9 Å². The van der Waals surface area contributed by atoms with E-state index in [1.165, 1.54) is 6.26 Å². The SMILES string of the molecule is N#CC1C(=O)N(CC(=O)NCc2ccco2)C(=O)C(C#N)C12CCCCC2. The molecule has 8 nitrogen and oxygen atoms in total. The fourth-order valence-electron chi connectivity index (χ4n) is 4.19. The zero-order chi connectivity index (χ0) is 19.4. The topological polar surface area (TPSA) is 127 Å². The molecule has 27 heavy (non-hydrogen) atoms. The highest BCUT2D eigenvalue weighted by atomic mass is 16.3. The standard InChI is InChI=1S/C19H20N4O4/c20-9-14-17(25)23(12-16(24)22-11-13-5-4-8-27-13)18(26)15(10-21)19(14)6-2-1-3-7-19/h4-5,8,14-15H,1-3,6-7,11-12H2,(H,22,24). The van der Waals surface area contributed by atoms with Crippen LogP contribution in [0.2, 0.25) is 0 Å². The first kappa shape index (κ1) is 18.7. The number of carbonyl (C=O) groups excluding carboxylic acids is 3. The van der Waals surface area contributed by atoms with Gasteiger partial charge in [-0.25, -0.2) is 0 Å². The second kappa shape index (κ2) is 7.63. The van der Waals surface area contributed by atoms with Crippen molar-refractivity contribution in [3.8, 4) is 12.1 Å². The molecule has 0 radical (unpaired) electrons. The number of hydrogen-bond donors (Lipinski definition) is 1. The van der Waals surface area contributed by atoms with Gasteiger partial charge in [-0.1, -0.05) is 19.3 Å². The minimum atomic E-state index is -1.09. The number of nitriles is 2. The summed E-state index contributed by atoms with van der Waals surface area (Å²) in [6.07, 6.45) is 4.98. The summed E-state index contributed by atoms with van der Waals surface area (Å²) in [5.74, 6) is -3.55. The number of rotatable bonds is 4. The number of piperidine rings is 1. The van der Waals surface area contributed by atoms with E-state index in [1.807, 2.05) is 12.1 Å². The second-order valence-electron chi connectivity index (χ2n) is 7.04. The molecule has 2 aliphatic rings. The molecule has 140 valence electrons. The molecule has 3 rings (SSSR count). The van der Waals surface area contributed by atoms with Crippen LogP contribution in [-0.2, 0) is 20.9 Å². The average molecular weight is 368 g/mol. The van der Waals surface area contributed by atoms with Crippen LogP contribution in [0.4, 0.5) is 0 Å². The highest BCUT2D eigenvalue weighted by Gasteiger charge is 2.59. The van der Waals surface area contributed by atoms with E-state index in [0.717, 1.165) is 24.2 Å². The molecule has 1 aromatic heterocycles. The Labute approximate surface area is 156 Å². The van der Waals surface area contributed by atoms with Crippen molar-refractivity contribution in [3.05, 3.63) is 24.2 Å². The van der Waals surface area contributed by atoms with Crippen LogP contribution in [0, 0.1) is 39.9 Å². The van der Waals surface area contributed by atoms with E-state index in [-0.39, 0.29) is 6.54 Å². The van der Waals surface area contributed by atoms with Gasteiger partial charge in [0.25, 0.3) is 0 Å². The van der Waals surface area contributed by atoms with Crippen molar-refractivity contribution in [1.82, 2.24) is 10.2 Å². The predicted molar refractivity (Wildman–Crippen MR) is 91.0 cm³/mol. The summed E-state index contributed by atoms with van der Waals surface area (Å²) >= 11 is 0. The van der Waals surface area contributed by atoms with Crippen LogP contribution in [0.5, 0.6) is 0 Å². The highest BCUT2D eigenvalue weighted by Crippen LogP contribution is 2.51. The fourth-order valence-corrected chi connectivity index (χ4v) is 4.19. The number of carbonyl (C=O) groups is 3. The first-order valence-electron chi connectivity index (χ1n) is 8.97. The normalized spacial score (nSPS) is 24.3. The Hall–Kier alpha value is -3.13. The van der Waals surface area contributed by atoms with Crippen LogP contribution in [0.25, 0.3) is 0 Å². The Balaban J connectivity index is 1.77. The van der Waals surface area contributed by atoms with Gasteiger partial charge in [0.2, 0.25) is 17.7 Å². The van der Waals surface area contributed by atoms with Crippen molar-refractivity contribution in [2.75, 3.05) is 6.54 Å². The molecule has 1 aliphatic heterocycles. The molecule has 2 heterocycles. The van der Waals surface area contributed by atoms with Gasteiger partial charge in [0.15, 0.2) is 0 Å². The third-order valence-electron chi connectivity index (χ3n) is 5.56. The van der Waals surface area contributed by atoms with Crippen LogP contribution in [-0.4, -0.2) is 29.2 Å². The number of hydrogen-bond acceptors (Lipinski definition) is 6. The quantitative estimate of drug-likeness (QED) is 0.802. The van der Waals surface area contributed by atoms with E-state index in [2.05, 4.69) is 5.32 Å². The molecule has 1 saturated carbocycles. The maximum absolute atomic E-state index is 12.8. The monoisotopic (exact) mass is 368 g/mol. The molecular weight excluding hydrogens is 348 g/mol. The number of likely N-dealkylation sites (tertiary alicyclic amines) is 1. The van der Waals surface area contributed by atoms with E-state index < -0.39 is 41.5 Å². The first-order chi connectivity index (χ1) is 13.0. The van der Waals surface area contributed by atoms with Crippen molar-refractivity contribution >= 4 is 17.7 Å². The average Bonchev–Trinajstić information content (AvgIpc) is 3.19. The lowest BCUT2D eigenvalue weighted by Gasteiger charge is -2.47. The molecule has 2 fully saturated rings.